The van der Waals surface area contributed by atoms with Crippen LogP contribution in [0.5, 0.6) is 0 Å². The molecule has 0 unspecified atom stereocenters. The van der Waals surface area contributed by atoms with Gasteiger partial charge in [-0.3, -0.25) is 9.69 Å². The lowest BCUT2D eigenvalue weighted by Gasteiger charge is -2.35. The monoisotopic (exact) mass is 329 g/mol. The highest BCUT2D eigenvalue weighted by Gasteiger charge is 2.26. The van der Waals surface area contributed by atoms with Crippen LogP contribution in [-0.2, 0) is 9.53 Å². The van der Waals surface area contributed by atoms with E-state index in [2.05, 4.69) is 36.6 Å². The molecule has 0 aliphatic heterocycles. The number of hydrogen-bond donors (Lipinski definition) is 0. The zero-order valence-electron chi connectivity index (χ0n) is 15.4. The molecule has 0 fully saturated rings. The summed E-state index contributed by atoms with van der Waals surface area (Å²) in [5, 5.41) is 0. The molecule has 0 radical (unpaired) electrons. The van der Waals surface area contributed by atoms with Crippen molar-refractivity contribution in [2.75, 3.05) is 6.54 Å². The third-order valence-electron chi connectivity index (χ3n) is 4.00. The first-order valence-electron chi connectivity index (χ1n) is 8.71. The number of rotatable bonds is 10. The van der Waals surface area contributed by atoms with Crippen molar-refractivity contribution in [2.24, 2.45) is 0 Å². The number of allylic oxidation sites excluding steroid dienone is 1. The smallest absolute Gasteiger partial charge is 0.307 e. The number of nitrogens with zero attached hydrogens (tertiary/aromatic N) is 1. The zero-order chi connectivity index (χ0) is 17.9. The minimum absolute atomic E-state index is 0.0839. The molecule has 0 aliphatic rings. The number of esters is 1. The summed E-state index contributed by atoms with van der Waals surface area (Å²) < 4.78 is 5.36. The van der Waals surface area contributed by atoms with Gasteiger partial charge in [0.05, 0.1) is 12.5 Å². The van der Waals surface area contributed by atoms with E-state index < -0.39 is 0 Å². The maximum absolute atomic E-state index is 12.2. The van der Waals surface area contributed by atoms with E-state index in [1.54, 1.807) is 0 Å². The molecule has 3 heteroatoms. The van der Waals surface area contributed by atoms with Gasteiger partial charge in [-0.15, -0.1) is 6.58 Å². The largest absolute Gasteiger partial charge is 0.463 e. The molecule has 0 saturated heterocycles. The van der Waals surface area contributed by atoms with Crippen molar-refractivity contribution in [3.05, 3.63) is 60.7 Å². The van der Waals surface area contributed by atoms with Crippen molar-refractivity contribution in [2.45, 2.75) is 58.7 Å². The van der Waals surface area contributed by atoms with Gasteiger partial charge in [0.1, 0.15) is 0 Å². The first-order valence-corrected chi connectivity index (χ1v) is 8.71. The molecule has 0 N–H and O–H groups in total. The number of benzene rings is 1. The SMILES string of the molecule is C=CCN([C@H](C/C=C/C)CC(=O)OC(C)C)[C@H](C)c1ccccc1. The van der Waals surface area contributed by atoms with E-state index in [1.807, 2.05) is 51.1 Å². The average molecular weight is 329 g/mol. The Morgan fingerprint density at radius 1 is 1.25 bits per heavy atom. The van der Waals surface area contributed by atoms with E-state index in [4.69, 9.17) is 4.74 Å². The predicted molar refractivity (Wildman–Crippen MR) is 101 cm³/mol. The lowest BCUT2D eigenvalue weighted by molar-refractivity contribution is -0.149. The summed E-state index contributed by atoms with van der Waals surface area (Å²) in [6, 6.07) is 10.6. The molecular weight excluding hydrogens is 298 g/mol. The molecule has 0 spiro atoms. The second-order valence-electron chi connectivity index (χ2n) is 6.27. The van der Waals surface area contributed by atoms with Crippen molar-refractivity contribution in [3.8, 4) is 0 Å². The van der Waals surface area contributed by atoms with Gasteiger partial charge >= 0.3 is 5.97 Å². The fourth-order valence-electron chi connectivity index (χ4n) is 2.83. The second kappa shape index (κ2) is 10.8. The van der Waals surface area contributed by atoms with Gasteiger partial charge in [0.25, 0.3) is 0 Å². The van der Waals surface area contributed by atoms with Crippen LogP contribution in [0.2, 0.25) is 0 Å². The summed E-state index contributed by atoms with van der Waals surface area (Å²) in [5.74, 6) is -0.145. The van der Waals surface area contributed by atoms with E-state index in [1.165, 1.54) is 5.56 Å². The van der Waals surface area contributed by atoms with E-state index in [0.717, 1.165) is 13.0 Å². The van der Waals surface area contributed by atoms with Crippen molar-refractivity contribution in [1.29, 1.82) is 0 Å². The van der Waals surface area contributed by atoms with E-state index in [9.17, 15) is 4.79 Å². The second-order valence-corrected chi connectivity index (χ2v) is 6.27. The van der Waals surface area contributed by atoms with Gasteiger partial charge in [-0.1, -0.05) is 48.6 Å². The molecule has 1 aromatic rings. The Labute approximate surface area is 147 Å². The van der Waals surface area contributed by atoms with Crippen molar-refractivity contribution in [1.82, 2.24) is 4.90 Å². The molecule has 1 rings (SSSR count). The zero-order valence-corrected chi connectivity index (χ0v) is 15.4. The summed E-state index contributed by atoms with van der Waals surface area (Å²) >= 11 is 0. The quantitative estimate of drug-likeness (QED) is 0.451. The maximum Gasteiger partial charge on any atom is 0.307 e. The van der Waals surface area contributed by atoms with Gasteiger partial charge < -0.3 is 4.74 Å². The minimum Gasteiger partial charge on any atom is -0.463 e. The number of ether oxygens (including phenoxy) is 1. The van der Waals surface area contributed by atoms with Gasteiger partial charge in [0.15, 0.2) is 0 Å². The third kappa shape index (κ3) is 6.71. The summed E-state index contributed by atoms with van der Waals surface area (Å²) in [5.41, 5.74) is 1.24. The van der Waals surface area contributed by atoms with Gasteiger partial charge in [-0.05, 0) is 39.7 Å². The van der Waals surface area contributed by atoms with E-state index in [0.29, 0.717) is 6.42 Å². The molecule has 0 bridgehead atoms. The summed E-state index contributed by atoms with van der Waals surface area (Å²) in [6.45, 7) is 12.6. The molecule has 0 amide bonds. The molecule has 3 nitrogen and oxygen atoms in total. The van der Waals surface area contributed by atoms with Gasteiger partial charge in [0.2, 0.25) is 0 Å². The number of carbonyl (C=O) groups is 1. The summed E-state index contributed by atoms with van der Waals surface area (Å²) in [4.78, 5) is 14.5. The normalized spacial score (nSPS) is 14.1. The molecule has 24 heavy (non-hydrogen) atoms. The van der Waals surface area contributed by atoms with Crippen molar-refractivity contribution in [3.63, 3.8) is 0 Å². The minimum atomic E-state index is -0.145. The standard InChI is InChI=1S/C21H31NO2/c1-6-8-14-20(16-21(23)24-17(3)4)22(15-7-2)18(5)19-12-10-9-11-13-19/h6-13,17-18,20H,2,14-16H2,1,3-5H3/b8-6+/t18-,20-/m1/s1. The van der Waals surface area contributed by atoms with Crippen LogP contribution < -0.4 is 0 Å². The molecule has 0 aliphatic carbocycles. The molecule has 0 heterocycles. The van der Waals surface area contributed by atoms with Crippen LogP contribution in [0.15, 0.2) is 55.1 Å². The van der Waals surface area contributed by atoms with Gasteiger partial charge in [0, 0.05) is 18.6 Å². The van der Waals surface area contributed by atoms with Gasteiger partial charge in [-0.25, -0.2) is 0 Å². The molecule has 0 saturated carbocycles. The van der Waals surface area contributed by atoms with Crippen LogP contribution in [0, 0.1) is 0 Å². The maximum atomic E-state index is 12.2. The Morgan fingerprint density at radius 3 is 2.46 bits per heavy atom. The first-order chi connectivity index (χ1) is 11.5. The number of carbonyl (C=O) groups excluding carboxylic acids is 1. The average Bonchev–Trinajstić information content (AvgIpc) is 2.56. The Morgan fingerprint density at radius 2 is 1.92 bits per heavy atom. The highest BCUT2D eigenvalue weighted by Crippen LogP contribution is 2.25. The first kappa shape index (κ1) is 20.2. The van der Waals surface area contributed by atoms with E-state index >= 15 is 0 Å². The molecule has 0 aromatic heterocycles. The topological polar surface area (TPSA) is 29.5 Å². The predicted octanol–water partition coefficient (Wildman–Crippen LogP) is 4.91. The molecule has 1 aromatic carbocycles. The van der Waals surface area contributed by atoms with Crippen LogP contribution in [0.3, 0.4) is 0 Å². The highest BCUT2D eigenvalue weighted by atomic mass is 16.5. The van der Waals surface area contributed by atoms with Crippen LogP contribution in [0.1, 0.15) is 52.1 Å². The summed E-state index contributed by atoms with van der Waals surface area (Å²) in [7, 11) is 0. The Kier molecular flexibility index (Phi) is 9.10. The lowest BCUT2D eigenvalue weighted by Crippen LogP contribution is -2.39. The molecule has 2 atom stereocenters. The van der Waals surface area contributed by atoms with Crippen LogP contribution in [0.4, 0.5) is 0 Å². The van der Waals surface area contributed by atoms with Gasteiger partial charge in [-0.2, -0.15) is 0 Å². The fourth-order valence-corrected chi connectivity index (χ4v) is 2.83. The Balaban J connectivity index is 2.98. The third-order valence-corrected chi connectivity index (χ3v) is 4.00. The van der Waals surface area contributed by atoms with Crippen LogP contribution in [-0.4, -0.2) is 29.6 Å². The Bertz CT molecular complexity index is 522. The highest BCUT2D eigenvalue weighted by molar-refractivity contribution is 5.70. The Hall–Kier alpha value is -1.87. The lowest BCUT2D eigenvalue weighted by atomic mass is 10.0. The van der Waals surface area contributed by atoms with E-state index in [-0.39, 0.29) is 24.2 Å². The summed E-state index contributed by atoms with van der Waals surface area (Å²) in [6.07, 6.45) is 7.15. The van der Waals surface area contributed by atoms with Crippen molar-refractivity contribution < 1.29 is 9.53 Å². The fraction of sp³-hybridized carbons (Fsp3) is 0.476. The van der Waals surface area contributed by atoms with Crippen molar-refractivity contribution >= 4 is 5.97 Å². The van der Waals surface area contributed by atoms with Crippen LogP contribution >= 0.6 is 0 Å². The molecular formula is C21H31NO2. The number of hydrogen-bond acceptors (Lipinski definition) is 3. The molecule has 132 valence electrons. The van der Waals surface area contributed by atoms with Crippen LogP contribution in [0.25, 0.3) is 0 Å².